The summed E-state index contributed by atoms with van der Waals surface area (Å²) in [6, 6.07) is 7.70. The van der Waals surface area contributed by atoms with Crippen molar-refractivity contribution < 1.29 is 14.3 Å². The molecule has 0 bridgehead atoms. The average molecular weight is 342 g/mol. The first-order chi connectivity index (χ1) is 11.6. The summed E-state index contributed by atoms with van der Waals surface area (Å²) in [7, 11) is 0. The van der Waals surface area contributed by atoms with E-state index in [0.29, 0.717) is 26.1 Å². The van der Waals surface area contributed by atoms with Gasteiger partial charge in [0.2, 0.25) is 11.8 Å². The zero-order valence-corrected chi connectivity index (χ0v) is 14.2. The standard InChI is InChI=1S/C18H18N2O3S/c1-12(21)19-13-2-3-16-15(10-13)18(5-7-23-8-6-18)17(22)20(16)14-4-9-24-11-14/h2-4,9-11H,5-8H2,1H3,(H,19,21). The number of thiophene rings is 1. The van der Waals surface area contributed by atoms with E-state index >= 15 is 0 Å². The first-order valence-electron chi connectivity index (χ1n) is 7.98. The third-order valence-electron chi connectivity index (χ3n) is 4.80. The van der Waals surface area contributed by atoms with Crippen LogP contribution in [0.15, 0.2) is 35.0 Å². The van der Waals surface area contributed by atoms with Crippen LogP contribution in [-0.4, -0.2) is 25.0 Å². The number of ether oxygens (including phenoxy) is 1. The Morgan fingerprint density at radius 1 is 1.29 bits per heavy atom. The molecule has 1 aromatic carbocycles. The van der Waals surface area contributed by atoms with Crippen LogP contribution in [0.2, 0.25) is 0 Å². The van der Waals surface area contributed by atoms with Crippen molar-refractivity contribution in [2.75, 3.05) is 23.4 Å². The molecule has 6 heteroatoms. The van der Waals surface area contributed by atoms with Crippen LogP contribution in [0.25, 0.3) is 0 Å². The number of amides is 2. The van der Waals surface area contributed by atoms with E-state index in [9.17, 15) is 9.59 Å². The Morgan fingerprint density at radius 2 is 2.08 bits per heavy atom. The molecular weight excluding hydrogens is 324 g/mol. The topological polar surface area (TPSA) is 58.6 Å². The van der Waals surface area contributed by atoms with Gasteiger partial charge in [0.05, 0.1) is 16.8 Å². The largest absolute Gasteiger partial charge is 0.381 e. The minimum atomic E-state index is -0.552. The van der Waals surface area contributed by atoms with E-state index in [1.807, 2.05) is 39.9 Å². The maximum absolute atomic E-state index is 13.4. The van der Waals surface area contributed by atoms with E-state index in [2.05, 4.69) is 5.32 Å². The second-order valence-electron chi connectivity index (χ2n) is 6.23. The van der Waals surface area contributed by atoms with Gasteiger partial charge in [-0.1, -0.05) is 0 Å². The number of nitrogens with zero attached hydrogens (tertiary/aromatic N) is 1. The van der Waals surface area contributed by atoms with E-state index < -0.39 is 5.41 Å². The summed E-state index contributed by atoms with van der Waals surface area (Å²) in [6.07, 6.45) is 1.34. The molecule has 1 N–H and O–H groups in total. The number of carbonyl (C=O) groups is 2. The van der Waals surface area contributed by atoms with E-state index in [0.717, 1.165) is 22.6 Å². The molecule has 4 rings (SSSR count). The van der Waals surface area contributed by atoms with Gasteiger partial charge in [-0.05, 0) is 48.1 Å². The first kappa shape index (κ1) is 15.4. The van der Waals surface area contributed by atoms with Gasteiger partial charge in [0, 0.05) is 31.2 Å². The Hall–Kier alpha value is -2.18. The van der Waals surface area contributed by atoms with Crippen LogP contribution in [0.3, 0.4) is 0 Å². The van der Waals surface area contributed by atoms with E-state index in [1.54, 1.807) is 11.3 Å². The van der Waals surface area contributed by atoms with Gasteiger partial charge in [0.15, 0.2) is 0 Å². The lowest BCUT2D eigenvalue weighted by molar-refractivity contribution is -0.125. The Labute approximate surface area is 144 Å². The van der Waals surface area contributed by atoms with E-state index in [1.165, 1.54) is 6.92 Å². The number of hydrogen-bond acceptors (Lipinski definition) is 4. The average Bonchev–Trinajstić information content (AvgIpc) is 3.16. The first-order valence-corrected chi connectivity index (χ1v) is 8.93. The van der Waals surface area contributed by atoms with Gasteiger partial charge in [-0.15, -0.1) is 0 Å². The number of carbonyl (C=O) groups excluding carboxylic acids is 2. The van der Waals surface area contributed by atoms with Crippen molar-refractivity contribution in [3.8, 4) is 0 Å². The van der Waals surface area contributed by atoms with Crippen molar-refractivity contribution in [2.45, 2.75) is 25.2 Å². The molecule has 1 spiro atoms. The monoisotopic (exact) mass is 342 g/mol. The molecule has 0 aliphatic carbocycles. The van der Waals surface area contributed by atoms with Crippen LogP contribution < -0.4 is 10.2 Å². The molecule has 0 radical (unpaired) electrons. The number of anilines is 3. The van der Waals surface area contributed by atoms with Crippen LogP contribution in [0.1, 0.15) is 25.3 Å². The fourth-order valence-electron chi connectivity index (χ4n) is 3.68. The van der Waals surface area contributed by atoms with Gasteiger partial charge in [0.25, 0.3) is 0 Å². The minimum absolute atomic E-state index is 0.110. The third-order valence-corrected chi connectivity index (χ3v) is 5.47. The minimum Gasteiger partial charge on any atom is -0.381 e. The molecule has 0 unspecified atom stereocenters. The van der Waals surface area contributed by atoms with Crippen LogP contribution in [0.5, 0.6) is 0 Å². The normalized spacial score (nSPS) is 18.7. The van der Waals surface area contributed by atoms with E-state index in [-0.39, 0.29) is 11.8 Å². The van der Waals surface area contributed by atoms with Crippen LogP contribution in [0, 0.1) is 0 Å². The number of benzene rings is 1. The number of rotatable bonds is 2. The highest BCUT2D eigenvalue weighted by Crippen LogP contribution is 2.51. The lowest BCUT2D eigenvalue weighted by Gasteiger charge is -2.32. The second kappa shape index (κ2) is 5.72. The molecule has 2 aliphatic rings. The van der Waals surface area contributed by atoms with Gasteiger partial charge in [-0.25, -0.2) is 0 Å². The highest BCUT2D eigenvalue weighted by molar-refractivity contribution is 7.08. The molecule has 5 nitrogen and oxygen atoms in total. The quantitative estimate of drug-likeness (QED) is 0.909. The SMILES string of the molecule is CC(=O)Nc1ccc2c(c1)C1(CCOCC1)C(=O)N2c1ccsc1. The molecule has 1 fully saturated rings. The molecule has 2 aliphatic heterocycles. The zero-order chi connectivity index (χ0) is 16.7. The summed E-state index contributed by atoms with van der Waals surface area (Å²) in [6.45, 7) is 2.64. The summed E-state index contributed by atoms with van der Waals surface area (Å²) < 4.78 is 5.50. The Morgan fingerprint density at radius 3 is 2.75 bits per heavy atom. The Balaban J connectivity index is 1.86. The number of fused-ring (bicyclic) bond motifs is 2. The number of hydrogen-bond donors (Lipinski definition) is 1. The second-order valence-corrected chi connectivity index (χ2v) is 7.01. The lowest BCUT2D eigenvalue weighted by Crippen LogP contribution is -2.42. The van der Waals surface area contributed by atoms with Gasteiger partial charge in [-0.2, -0.15) is 11.3 Å². The maximum Gasteiger partial charge on any atom is 0.242 e. The molecule has 3 heterocycles. The van der Waals surface area contributed by atoms with Crippen molar-refractivity contribution in [2.24, 2.45) is 0 Å². The summed E-state index contributed by atoms with van der Waals surface area (Å²) in [5, 5.41) is 6.79. The highest BCUT2D eigenvalue weighted by atomic mass is 32.1. The van der Waals surface area contributed by atoms with Gasteiger partial charge in [-0.3, -0.25) is 14.5 Å². The van der Waals surface area contributed by atoms with Crippen molar-refractivity contribution in [3.63, 3.8) is 0 Å². The molecule has 1 aromatic heterocycles. The Kier molecular flexibility index (Phi) is 3.66. The van der Waals surface area contributed by atoms with Crippen molar-refractivity contribution in [1.82, 2.24) is 0 Å². The van der Waals surface area contributed by atoms with Gasteiger partial charge < -0.3 is 10.1 Å². The summed E-state index contributed by atoms with van der Waals surface area (Å²) in [5.74, 6) is -0.00540. The fourth-order valence-corrected chi connectivity index (χ4v) is 4.30. The predicted molar refractivity (Wildman–Crippen MR) is 93.9 cm³/mol. The van der Waals surface area contributed by atoms with Crippen molar-refractivity contribution >= 4 is 40.2 Å². The fraction of sp³-hybridized carbons (Fsp3) is 0.333. The molecule has 0 atom stereocenters. The van der Waals surface area contributed by atoms with E-state index in [4.69, 9.17) is 4.74 Å². The summed E-state index contributed by atoms with van der Waals surface area (Å²) in [5.41, 5.74) is 2.99. The van der Waals surface area contributed by atoms with Crippen LogP contribution in [0.4, 0.5) is 17.1 Å². The van der Waals surface area contributed by atoms with Crippen LogP contribution in [-0.2, 0) is 19.7 Å². The summed E-state index contributed by atoms with van der Waals surface area (Å²) >= 11 is 1.57. The number of nitrogens with one attached hydrogen (secondary N) is 1. The molecule has 2 aromatic rings. The molecule has 2 amide bonds. The lowest BCUT2D eigenvalue weighted by atomic mass is 9.75. The molecule has 124 valence electrons. The van der Waals surface area contributed by atoms with Crippen LogP contribution >= 0.6 is 11.3 Å². The zero-order valence-electron chi connectivity index (χ0n) is 13.4. The molecule has 0 saturated carbocycles. The maximum atomic E-state index is 13.4. The summed E-state index contributed by atoms with van der Waals surface area (Å²) in [4.78, 5) is 26.6. The molecule has 1 saturated heterocycles. The predicted octanol–water partition coefficient (Wildman–Crippen LogP) is 3.43. The van der Waals surface area contributed by atoms with Gasteiger partial charge >= 0.3 is 0 Å². The molecular formula is C18H18N2O3S. The van der Waals surface area contributed by atoms with Crippen molar-refractivity contribution in [3.05, 3.63) is 40.6 Å². The molecule has 24 heavy (non-hydrogen) atoms. The smallest absolute Gasteiger partial charge is 0.242 e. The third kappa shape index (κ3) is 2.25. The van der Waals surface area contributed by atoms with Gasteiger partial charge in [0.1, 0.15) is 0 Å². The van der Waals surface area contributed by atoms with Crippen molar-refractivity contribution in [1.29, 1.82) is 0 Å². The highest BCUT2D eigenvalue weighted by Gasteiger charge is 2.52. The Bertz CT molecular complexity index is 795.